The summed E-state index contributed by atoms with van der Waals surface area (Å²) in [5.74, 6) is 0. The van der Waals surface area contributed by atoms with Gasteiger partial charge in [-0.2, -0.15) is 0 Å². The van der Waals surface area contributed by atoms with Crippen LogP contribution in [0.15, 0.2) is 18.2 Å². The Bertz CT molecular complexity index is 279. The molecule has 0 unspecified atom stereocenters. The first-order valence-corrected chi connectivity index (χ1v) is 4.39. The molecule has 0 radical (unpaired) electrons. The summed E-state index contributed by atoms with van der Waals surface area (Å²) in [6.45, 7) is 6.44. The van der Waals surface area contributed by atoms with Gasteiger partial charge in [0.15, 0.2) is 0 Å². The van der Waals surface area contributed by atoms with Crippen molar-refractivity contribution in [3.63, 3.8) is 0 Å². The molecule has 0 aliphatic rings. The highest BCUT2D eigenvalue weighted by Gasteiger charge is 2.14. The number of rotatable bonds is 1. The Morgan fingerprint density at radius 1 is 1.00 bits per heavy atom. The van der Waals surface area contributed by atoms with Gasteiger partial charge in [-0.1, -0.05) is 0 Å². The fourth-order valence-corrected chi connectivity index (χ4v) is 1.29. The Morgan fingerprint density at radius 3 is 1.85 bits per heavy atom. The third-order valence-corrected chi connectivity index (χ3v) is 1.60. The maximum Gasteiger partial charge on any atom is 0.134 e. The standard InChI is InChI=1S/C10H17N3/c1-10(2,3)13-9-5-7(11)4-8(12)6-9/h4-6,13H,11-12H2,1-3H3/p+1. The fourth-order valence-electron chi connectivity index (χ4n) is 1.29. The van der Waals surface area contributed by atoms with Gasteiger partial charge in [-0.25, -0.2) is 0 Å². The summed E-state index contributed by atoms with van der Waals surface area (Å²) in [7, 11) is 0. The molecule has 0 heterocycles. The Kier molecular flexibility index (Phi) is 2.48. The van der Waals surface area contributed by atoms with Gasteiger partial charge in [-0.15, -0.1) is 0 Å². The second-order valence-electron chi connectivity index (χ2n) is 4.44. The Labute approximate surface area is 79.1 Å². The molecule has 72 valence electrons. The van der Waals surface area contributed by atoms with Crippen LogP contribution in [0.4, 0.5) is 17.1 Å². The van der Waals surface area contributed by atoms with E-state index in [1.165, 1.54) is 0 Å². The summed E-state index contributed by atoms with van der Waals surface area (Å²) in [6.07, 6.45) is 0. The molecule has 0 spiro atoms. The van der Waals surface area contributed by atoms with E-state index >= 15 is 0 Å². The van der Waals surface area contributed by atoms with E-state index < -0.39 is 0 Å². The van der Waals surface area contributed by atoms with E-state index in [9.17, 15) is 0 Å². The molecule has 0 saturated heterocycles. The molecule has 0 bridgehead atoms. The minimum atomic E-state index is 0.153. The van der Waals surface area contributed by atoms with Crippen LogP contribution in [-0.4, -0.2) is 5.54 Å². The molecule has 0 aliphatic carbocycles. The minimum absolute atomic E-state index is 0.153. The van der Waals surface area contributed by atoms with Crippen LogP contribution in [0.5, 0.6) is 0 Å². The van der Waals surface area contributed by atoms with Crippen molar-refractivity contribution in [3.8, 4) is 0 Å². The lowest BCUT2D eigenvalue weighted by Crippen LogP contribution is -2.89. The van der Waals surface area contributed by atoms with Gasteiger partial charge in [-0.05, 0) is 26.8 Å². The van der Waals surface area contributed by atoms with Crippen LogP contribution in [0, 0.1) is 0 Å². The molecule has 1 aromatic carbocycles. The predicted octanol–water partition coefficient (Wildman–Crippen LogP) is 0.844. The molecule has 3 nitrogen and oxygen atoms in total. The number of hydrogen-bond donors (Lipinski definition) is 3. The highest BCUT2D eigenvalue weighted by atomic mass is 15.0. The van der Waals surface area contributed by atoms with Gasteiger partial charge in [0.25, 0.3) is 0 Å². The lowest BCUT2D eigenvalue weighted by molar-refractivity contribution is -0.642. The van der Waals surface area contributed by atoms with Crippen molar-refractivity contribution in [3.05, 3.63) is 18.2 Å². The number of anilines is 2. The molecule has 6 N–H and O–H groups in total. The molecule has 13 heavy (non-hydrogen) atoms. The van der Waals surface area contributed by atoms with Crippen LogP contribution in [0.25, 0.3) is 0 Å². The molecular weight excluding hydrogens is 162 g/mol. The molecule has 0 aromatic heterocycles. The zero-order chi connectivity index (χ0) is 10.1. The number of benzene rings is 1. The van der Waals surface area contributed by atoms with Crippen LogP contribution < -0.4 is 16.8 Å². The lowest BCUT2D eigenvalue weighted by atomic mass is 10.1. The molecule has 1 rings (SSSR count). The van der Waals surface area contributed by atoms with Crippen molar-refractivity contribution in [2.75, 3.05) is 11.5 Å². The smallest absolute Gasteiger partial charge is 0.134 e. The second-order valence-corrected chi connectivity index (χ2v) is 4.44. The average Bonchev–Trinajstić information content (AvgIpc) is 1.78. The summed E-state index contributed by atoms with van der Waals surface area (Å²) in [6, 6.07) is 5.63. The van der Waals surface area contributed by atoms with Crippen molar-refractivity contribution >= 4 is 17.1 Å². The normalized spacial score (nSPS) is 11.6. The zero-order valence-corrected chi connectivity index (χ0v) is 8.46. The fraction of sp³-hybridized carbons (Fsp3) is 0.400. The second kappa shape index (κ2) is 3.26. The molecule has 1 aromatic rings. The molecule has 0 amide bonds. The van der Waals surface area contributed by atoms with Crippen molar-refractivity contribution in [1.29, 1.82) is 0 Å². The first-order valence-electron chi connectivity index (χ1n) is 4.39. The van der Waals surface area contributed by atoms with Gasteiger partial charge in [-0.3, -0.25) is 0 Å². The number of quaternary nitrogens is 1. The molecule has 0 fully saturated rings. The number of nitrogens with two attached hydrogens (primary N) is 3. The van der Waals surface area contributed by atoms with E-state index in [0.717, 1.165) is 17.1 Å². The molecule has 0 aliphatic heterocycles. The van der Waals surface area contributed by atoms with E-state index in [4.69, 9.17) is 11.5 Å². The number of hydrogen-bond acceptors (Lipinski definition) is 2. The first kappa shape index (κ1) is 9.86. The molecule has 0 saturated carbocycles. The first-order chi connectivity index (χ1) is 5.87. The van der Waals surface area contributed by atoms with Crippen molar-refractivity contribution in [1.82, 2.24) is 0 Å². The summed E-state index contributed by atoms with van der Waals surface area (Å²) in [5, 5.41) is 2.15. The Morgan fingerprint density at radius 2 is 1.46 bits per heavy atom. The topological polar surface area (TPSA) is 68.6 Å². The largest absolute Gasteiger partial charge is 0.398 e. The molecule has 3 heteroatoms. The molecular formula is C10H18N3+. The van der Waals surface area contributed by atoms with Gasteiger partial charge in [0.1, 0.15) is 5.69 Å². The highest BCUT2D eigenvalue weighted by molar-refractivity contribution is 5.58. The van der Waals surface area contributed by atoms with Gasteiger partial charge in [0.05, 0.1) is 5.54 Å². The maximum atomic E-state index is 5.68. The predicted molar refractivity (Wildman–Crippen MR) is 56.6 cm³/mol. The number of nitrogen functional groups attached to an aromatic ring is 2. The Hall–Kier alpha value is -1.22. The van der Waals surface area contributed by atoms with Crippen molar-refractivity contribution in [2.24, 2.45) is 0 Å². The van der Waals surface area contributed by atoms with Crippen molar-refractivity contribution < 1.29 is 5.32 Å². The van der Waals surface area contributed by atoms with Crippen molar-refractivity contribution in [2.45, 2.75) is 26.3 Å². The summed E-state index contributed by atoms with van der Waals surface area (Å²) >= 11 is 0. The van der Waals surface area contributed by atoms with E-state index in [1.54, 1.807) is 6.07 Å². The Balaban J connectivity index is 2.90. The molecule has 0 atom stereocenters. The van der Waals surface area contributed by atoms with Gasteiger partial charge in [0.2, 0.25) is 0 Å². The van der Waals surface area contributed by atoms with Crippen LogP contribution in [0.3, 0.4) is 0 Å². The van der Waals surface area contributed by atoms with Crippen LogP contribution >= 0.6 is 0 Å². The minimum Gasteiger partial charge on any atom is -0.398 e. The lowest BCUT2D eigenvalue weighted by Gasteiger charge is -2.16. The SMILES string of the molecule is CC(C)(C)[NH2+]c1cc(N)cc(N)c1. The van der Waals surface area contributed by atoms with Crippen LogP contribution in [0.2, 0.25) is 0 Å². The van der Waals surface area contributed by atoms with E-state index in [1.807, 2.05) is 12.1 Å². The monoisotopic (exact) mass is 180 g/mol. The summed E-state index contributed by atoms with van der Waals surface area (Å²) < 4.78 is 0. The summed E-state index contributed by atoms with van der Waals surface area (Å²) in [5.41, 5.74) is 14.0. The van der Waals surface area contributed by atoms with E-state index in [-0.39, 0.29) is 5.54 Å². The van der Waals surface area contributed by atoms with Gasteiger partial charge < -0.3 is 16.8 Å². The van der Waals surface area contributed by atoms with E-state index in [0.29, 0.717) is 0 Å². The van der Waals surface area contributed by atoms with Crippen LogP contribution in [0.1, 0.15) is 20.8 Å². The van der Waals surface area contributed by atoms with Gasteiger partial charge >= 0.3 is 0 Å². The zero-order valence-electron chi connectivity index (χ0n) is 8.46. The quantitative estimate of drug-likeness (QED) is 0.561. The summed E-state index contributed by atoms with van der Waals surface area (Å²) in [4.78, 5) is 0. The third-order valence-electron chi connectivity index (χ3n) is 1.60. The van der Waals surface area contributed by atoms with E-state index in [2.05, 4.69) is 26.1 Å². The third kappa shape index (κ3) is 3.34. The van der Waals surface area contributed by atoms with Gasteiger partial charge in [0, 0.05) is 23.5 Å². The van der Waals surface area contributed by atoms with Crippen LogP contribution in [-0.2, 0) is 0 Å². The average molecular weight is 180 g/mol. The highest BCUT2D eigenvalue weighted by Crippen LogP contribution is 2.14. The maximum absolute atomic E-state index is 5.68.